The van der Waals surface area contributed by atoms with Crippen LogP contribution in [0.4, 0.5) is 0 Å². The normalized spacial score (nSPS) is 18.4. The standard InChI is InChI=1S/C16H25N3OS.HI/c1-2-17-16(19-14-6-4-10-21-12-14)18-9-8-13-5-3-7-15(20)11-13;/h3,5,7,11,14,20H,2,4,6,8-10,12H2,1H3,(H2,17,18,19);1H. The molecule has 1 heterocycles. The van der Waals surface area contributed by atoms with Gasteiger partial charge in [0.15, 0.2) is 5.96 Å². The zero-order valence-corrected chi connectivity index (χ0v) is 16.2. The van der Waals surface area contributed by atoms with Crippen molar-refractivity contribution in [3.05, 3.63) is 29.8 Å². The average Bonchev–Trinajstić information content (AvgIpc) is 2.48. The molecule has 0 aliphatic carbocycles. The van der Waals surface area contributed by atoms with Crippen LogP contribution in [-0.2, 0) is 6.42 Å². The molecule has 22 heavy (non-hydrogen) atoms. The summed E-state index contributed by atoms with van der Waals surface area (Å²) in [5, 5.41) is 16.3. The van der Waals surface area contributed by atoms with Crippen LogP contribution in [-0.4, -0.2) is 41.7 Å². The number of aromatic hydroxyl groups is 1. The van der Waals surface area contributed by atoms with Gasteiger partial charge in [0.1, 0.15) is 5.75 Å². The molecule has 4 nitrogen and oxygen atoms in total. The molecule has 1 unspecified atom stereocenters. The van der Waals surface area contributed by atoms with Crippen LogP contribution in [0.3, 0.4) is 0 Å². The summed E-state index contributed by atoms with van der Waals surface area (Å²) in [6.07, 6.45) is 3.35. The molecule has 0 spiro atoms. The lowest BCUT2D eigenvalue weighted by Crippen LogP contribution is -2.45. The lowest BCUT2D eigenvalue weighted by Gasteiger charge is -2.24. The van der Waals surface area contributed by atoms with Crippen LogP contribution in [0.1, 0.15) is 25.3 Å². The molecule has 1 aliphatic heterocycles. The minimum atomic E-state index is 0. The predicted octanol–water partition coefficient (Wildman–Crippen LogP) is 3.00. The molecule has 1 aromatic carbocycles. The molecule has 6 heteroatoms. The molecule has 1 fully saturated rings. The number of hydrogen-bond acceptors (Lipinski definition) is 3. The largest absolute Gasteiger partial charge is 0.508 e. The number of nitrogens with one attached hydrogen (secondary N) is 2. The van der Waals surface area contributed by atoms with E-state index in [4.69, 9.17) is 0 Å². The fourth-order valence-electron chi connectivity index (χ4n) is 2.38. The van der Waals surface area contributed by atoms with Crippen LogP contribution >= 0.6 is 35.7 Å². The van der Waals surface area contributed by atoms with Gasteiger partial charge in [0.2, 0.25) is 0 Å². The first-order valence-electron chi connectivity index (χ1n) is 7.68. The molecular formula is C16H26IN3OS. The Morgan fingerprint density at radius 1 is 1.45 bits per heavy atom. The second kappa shape index (κ2) is 11.0. The van der Waals surface area contributed by atoms with Crippen LogP contribution < -0.4 is 10.6 Å². The van der Waals surface area contributed by atoms with E-state index in [1.54, 1.807) is 12.1 Å². The number of rotatable bonds is 5. The summed E-state index contributed by atoms with van der Waals surface area (Å²) in [6.45, 7) is 3.68. The molecule has 0 amide bonds. The minimum absolute atomic E-state index is 0. The number of benzene rings is 1. The molecule has 2 rings (SSSR count). The predicted molar refractivity (Wildman–Crippen MR) is 107 cm³/mol. The third-order valence-corrected chi connectivity index (χ3v) is 4.64. The van der Waals surface area contributed by atoms with Gasteiger partial charge in [-0.15, -0.1) is 24.0 Å². The van der Waals surface area contributed by atoms with Gasteiger partial charge in [-0.3, -0.25) is 4.99 Å². The van der Waals surface area contributed by atoms with E-state index in [2.05, 4.69) is 22.5 Å². The molecule has 1 aliphatic rings. The number of phenolic OH excluding ortho intramolecular Hbond substituents is 1. The highest BCUT2D eigenvalue weighted by Crippen LogP contribution is 2.16. The van der Waals surface area contributed by atoms with E-state index in [1.165, 1.54) is 18.6 Å². The Bertz CT molecular complexity index is 464. The smallest absolute Gasteiger partial charge is 0.191 e. The van der Waals surface area contributed by atoms with Gasteiger partial charge in [0.05, 0.1) is 0 Å². The summed E-state index contributed by atoms with van der Waals surface area (Å²) in [4.78, 5) is 4.64. The van der Waals surface area contributed by atoms with Gasteiger partial charge in [-0.1, -0.05) is 12.1 Å². The van der Waals surface area contributed by atoms with Gasteiger partial charge in [-0.25, -0.2) is 0 Å². The van der Waals surface area contributed by atoms with Crippen molar-refractivity contribution in [3.63, 3.8) is 0 Å². The van der Waals surface area contributed by atoms with Crippen LogP contribution in [0.15, 0.2) is 29.3 Å². The first-order chi connectivity index (χ1) is 10.3. The lowest BCUT2D eigenvalue weighted by atomic mass is 10.1. The first kappa shape index (κ1) is 19.4. The molecule has 124 valence electrons. The van der Waals surface area contributed by atoms with Gasteiger partial charge < -0.3 is 15.7 Å². The lowest BCUT2D eigenvalue weighted by molar-refractivity contribution is 0.474. The zero-order valence-electron chi connectivity index (χ0n) is 13.0. The van der Waals surface area contributed by atoms with Crippen molar-refractivity contribution in [1.29, 1.82) is 0 Å². The van der Waals surface area contributed by atoms with E-state index in [-0.39, 0.29) is 24.0 Å². The molecule has 1 aromatic rings. The summed E-state index contributed by atoms with van der Waals surface area (Å²) in [5.41, 5.74) is 1.11. The Morgan fingerprint density at radius 2 is 2.32 bits per heavy atom. The highest BCUT2D eigenvalue weighted by Gasteiger charge is 2.14. The molecule has 1 atom stereocenters. The number of phenols is 1. The molecule has 1 saturated heterocycles. The number of nitrogens with zero attached hydrogens (tertiary/aromatic N) is 1. The van der Waals surface area contributed by atoms with Crippen molar-refractivity contribution in [1.82, 2.24) is 10.6 Å². The summed E-state index contributed by atoms with van der Waals surface area (Å²) in [5.74, 6) is 3.67. The Hall–Kier alpha value is -0.630. The van der Waals surface area contributed by atoms with Crippen LogP contribution in [0, 0.1) is 0 Å². The first-order valence-corrected chi connectivity index (χ1v) is 8.84. The zero-order chi connectivity index (χ0) is 14.9. The van der Waals surface area contributed by atoms with Crippen molar-refractivity contribution >= 4 is 41.7 Å². The number of guanidine groups is 1. The third-order valence-electron chi connectivity index (χ3n) is 3.43. The van der Waals surface area contributed by atoms with E-state index in [0.717, 1.165) is 36.8 Å². The monoisotopic (exact) mass is 435 g/mol. The number of halogens is 1. The van der Waals surface area contributed by atoms with Crippen molar-refractivity contribution < 1.29 is 5.11 Å². The van der Waals surface area contributed by atoms with E-state index in [9.17, 15) is 5.11 Å². The van der Waals surface area contributed by atoms with Crippen molar-refractivity contribution in [2.24, 2.45) is 4.99 Å². The number of thioether (sulfide) groups is 1. The van der Waals surface area contributed by atoms with E-state index in [0.29, 0.717) is 11.8 Å². The summed E-state index contributed by atoms with van der Waals surface area (Å²) < 4.78 is 0. The quantitative estimate of drug-likeness (QED) is 0.378. The highest BCUT2D eigenvalue weighted by atomic mass is 127. The Kier molecular flexibility index (Phi) is 9.70. The molecule has 0 aromatic heterocycles. The fourth-order valence-corrected chi connectivity index (χ4v) is 3.45. The van der Waals surface area contributed by atoms with Crippen LogP contribution in [0.5, 0.6) is 5.75 Å². The molecule has 0 saturated carbocycles. The summed E-state index contributed by atoms with van der Waals surface area (Å²) in [6, 6.07) is 7.92. The van der Waals surface area contributed by atoms with E-state index in [1.807, 2.05) is 23.9 Å². The Balaban J connectivity index is 0.00000242. The summed E-state index contributed by atoms with van der Waals surface area (Å²) in [7, 11) is 0. The maximum Gasteiger partial charge on any atom is 0.191 e. The highest BCUT2D eigenvalue weighted by molar-refractivity contribution is 14.0. The number of aliphatic imine (C=N–C) groups is 1. The fraction of sp³-hybridized carbons (Fsp3) is 0.562. The van der Waals surface area contributed by atoms with Crippen LogP contribution in [0.2, 0.25) is 0 Å². The Labute approximate surface area is 154 Å². The van der Waals surface area contributed by atoms with Crippen molar-refractivity contribution in [2.75, 3.05) is 24.6 Å². The average molecular weight is 435 g/mol. The number of hydrogen-bond donors (Lipinski definition) is 3. The van der Waals surface area contributed by atoms with Gasteiger partial charge in [0.25, 0.3) is 0 Å². The van der Waals surface area contributed by atoms with E-state index >= 15 is 0 Å². The van der Waals surface area contributed by atoms with Gasteiger partial charge in [0, 0.05) is 24.9 Å². The second-order valence-corrected chi connectivity index (χ2v) is 6.39. The molecule has 0 bridgehead atoms. The SMILES string of the molecule is CCNC(=NCCc1cccc(O)c1)NC1CCCSC1.I. The maximum absolute atomic E-state index is 9.46. The second-order valence-electron chi connectivity index (χ2n) is 5.24. The van der Waals surface area contributed by atoms with E-state index < -0.39 is 0 Å². The third kappa shape index (κ3) is 7.09. The van der Waals surface area contributed by atoms with Gasteiger partial charge in [-0.2, -0.15) is 11.8 Å². The minimum Gasteiger partial charge on any atom is -0.508 e. The molecule has 3 N–H and O–H groups in total. The maximum atomic E-state index is 9.46. The molecular weight excluding hydrogens is 409 g/mol. The van der Waals surface area contributed by atoms with Crippen molar-refractivity contribution in [2.45, 2.75) is 32.2 Å². The summed E-state index contributed by atoms with van der Waals surface area (Å²) >= 11 is 2.01. The molecule has 0 radical (unpaired) electrons. The van der Waals surface area contributed by atoms with Gasteiger partial charge in [-0.05, 0) is 49.6 Å². The Morgan fingerprint density at radius 3 is 3.00 bits per heavy atom. The van der Waals surface area contributed by atoms with Gasteiger partial charge >= 0.3 is 0 Å². The van der Waals surface area contributed by atoms with Crippen molar-refractivity contribution in [3.8, 4) is 5.75 Å². The van der Waals surface area contributed by atoms with Crippen LogP contribution in [0.25, 0.3) is 0 Å². The topological polar surface area (TPSA) is 56.7 Å².